The van der Waals surface area contributed by atoms with Crippen molar-refractivity contribution in [2.45, 2.75) is 11.8 Å². The van der Waals surface area contributed by atoms with E-state index >= 15 is 0 Å². The van der Waals surface area contributed by atoms with Gasteiger partial charge in [-0.3, -0.25) is 0 Å². The molecule has 2 aliphatic heterocycles. The number of nitrogens with zero attached hydrogens (tertiary/aromatic N) is 3. The van der Waals surface area contributed by atoms with Gasteiger partial charge in [-0.2, -0.15) is 10.5 Å². The van der Waals surface area contributed by atoms with Crippen molar-refractivity contribution in [3.05, 3.63) is 34.9 Å². The van der Waals surface area contributed by atoms with Gasteiger partial charge >= 0.3 is 0 Å². The minimum absolute atomic E-state index is 0.0865. The van der Waals surface area contributed by atoms with E-state index in [1.54, 1.807) is 18.2 Å². The monoisotopic (exact) mass is 314 g/mol. The largest absolute Gasteiger partial charge is 0.386 e. The van der Waals surface area contributed by atoms with Crippen LogP contribution in [0.3, 0.4) is 0 Å². The highest BCUT2D eigenvalue weighted by atomic mass is 35.5. The van der Waals surface area contributed by atoms with Gasteiger partial charge in [0, 0.05) is 10.9 Å². The average Bonchev–Trinajstić information content (AvgIpc) is 2.77. The molecule has 3 aliphatic rings. The lowest BCUT2D eigenvalue weighted by Gasteiger charge is -2.25. The second-order valence-corrected chi connectivity index (χ2v) is 6.04. The number of hydrogen-bond donors (Lipinski definition) is 1. The smallest absolute Gasteiger partial charge is 0.293 e. The quantitative estimate of drug-likeness (QED) is 0.846. The molecule has 1 aliphatic carbocycles. The minimum Gasteiger partial charge on any atom is -0.386 e. The summed E-state index contributed by atoms with van der Waals surface area (Å²) in [6.07, 6.45) is 0. The lowest BCUT2D eigenvalue weighted by atomic mass is 9.94. The highest BCUT2D eigenvalue weighted by Crippen LogP contribution is 2.82. The van der Waals surface area contributed by atoms with Crippen molar-refractivity contribution in [2.24, 2.45) is 21.6 Å². The van der Waals surface area contributed by atoms with Crippen LogP contribution in [-0.2, 0) is 9.47 Å². The van der Waals surface area contributed by atoms with Gasteiger partial charge in [-0.05, 0) is 17.7 Å². The molecule has 0 amide bonds. The highest BCUT2D eigenvalue weighted by Gasteiger charge is 2.94. The predicted octanol–water partition coefficient (Wildman–Crippen LogP) is 1.53. The van der Waals surface area contributed by atoms with Gasteiger partial charge in [-0.15, -0.1) is 0 Å². The van der Waals surface area contributed by atoms with E-state index in [1.165, 1.54) is 0 Å². The van der Waals surface area contributed by atoms with E-state index in [9.17, 15) is 10.5 Å². The maximum Gasteiger partial charge on any atom is 0.293 e. The first-order valence-corrected chi connectivity index (χ1v) is 7.17. The Bertz CT molecular complexity index is 789. The number of fused-ring (bicyclic) bond motifs is 2. The summed E-state index contributed by atoms with van der Waals surface area (Å²) in [6.45, 7) is 0.619. The van der Waals surface area contributed by atoms with Crippen LogP contribution in [0.2, 0.25) is 5.02 Å². The predicted molar refractivity (Wildman–Crippen MR) is 76.5 cm³/mol. The van der Waals surface area contributed by atoms with Crippen LogP contribution in [0.1, 0.15) is 11.5 Å². The van der Waals surface area contributed by atoms with Crippen LogP contribution in [0.15, 0.2) is 29.3 Å². The molecule has 0 aromatic heterocycles. The minimum atomic E-state index is -1.49. The summed E-state index contributed by atoms with van der Waals surface area (Å²) in [5.41, 5.74) is 4.27. The van der Waals surface area contributed by atoms with Gasteiger partial charge in [0.15, 0.2) is 5.41 Å². The van der Waals surface area contributed by atoms with Gasteiger partial charge < -0.3 is 15.2 Å². The van der Waals surface area contributed by atoms with Crippen molar-refractivity contribution in [1.29, 1.82) is 10.5 Å². The number of amidine groups is 1. The topological polar surface area (TPSA) is 104 Å². The summed E-state index contributed by atoms with van der Waals surface area (Å²) < 4.78 is 11.3. The third-order valence-corrected chi connectivity index (χ3v) is 5.02. The molecule has 1 aromatic rings. The number of nitriles is 2. The molecule has 110 valence electrons. The highest BCUT2D eigenvalue weighted by molar-refractivity contribution is 6.30. The molecule has 1 aromatic carbocycles. The molecular weight excluding hydrogens is 304 g/mol. The molecule has 1 spiro atoms. The Morgan fingerprint density at radius 3 is 2.59 bits per heavy atom. The molecule has 22 heavy (non-hydrogen) atoms. The molecule has 0 radical (unpaired) electrons. The summed E-state index contributed by atoms with van der Waals surface area (Å²) in [5.74, 6) is -1.89. The third kappa shape index (κ3) is 1.17. The van der Waals surface area contributed by atoms with E-state index in [0.717, 1.165) is 5.56 Å². The molecule has 4 rings (SSSR count). The van der Waals surface area contributed by atoms with E-state index in [4.69, 9.17) is 26.8 Å². The number of hydrogen-bond acceptors (Lipinski definition) is 6. The summed E-state index contributed by atoms with van der Waals surface area (Å²) in [6, 6.07) is 11.5. The molecule has 6 nitrogen and oxygen atoms in total. The Balaban J connectivity index is 1.94. The number of halogens is 1. The molecule has 2 N–H and O–H groups in total. The van der Waals surface area contributed by atoms with Crippen LogP contribution >= 0.6 is 11.6 Å². The molecule has 1 saturated carbocycles. The fraction of sp³-hybridized carbons (Fsp3) is 0.400. The van der Waals surface area contributed by atoms with Crippen molar-refractivity contribution >= 4 is 17.4 Å². The van der Waals surface area contributed by atoms with E-state index in [1.807, 2.05) is 6.07 Å². The second kappa shape index (κ2) is 3.99. The van der Waals surface area contributed by atoms with Gasteiger partial charge in [0.25, 0.3) is 5.91 Å². The normalized spacial score (nSPS) is 37.2. The Morgan fingerprint density at radius 1 is 1.27 bits per heavy atom. The molecule has 0 bridgehead atoms. The zero-order valence-corrected chi connectivity index (χ0v) is 12.2. The van der Waals surface area contributed by atoms with E-state index in [-0.39, 0.29) is 5.84 Å². The molecule has 3 atom stereocenters. The molecule has 1 saturated heterocycles. The Labute approximate surface area is 131 Å². The van der Waals surface area contributed by atoms with Gasteiger partial charge in [0.1, 0.15) is 11.3 Å². The SMILES string of the molecule is N#C[C@]12C(N)=NC3(OCCO3)[C@@]1(C#N)[C@H]2c1cccc(Cl)c1. The summed E-state index contributed by atoms with van der Waals surface area (Å²) >= 11 is 6.05. The van der Waals surface area contributed by atoms with Crippen LogP contribution in [0, 0.1) is 33.5 Å². The number of benzene rings is 1. The Morgan fingerprint density at radius 2 is 2.00 bits per heavy atom. The first-order valence-electron chi connectivity index (χ1n) is 6.80. The van der Waals surface area contributed by atoms with Gasteiger partial charge in [0.05, 0.1) is 25.4 Å². The van der Waals surface area contributed by atoms with Crippen molar-refractivity contribution in [1.82, 2.24) is 0 Å². The Hall–Kier alpha value is -2.12. The van der Waals surface area contributed by atoms with Crippen LogP contribution in [0.25, 0.3) is 0 Å². The number of aliphatic imine (C=N–C) groups is 1. The molecule has 7 heteroatoms. The van der Waals surface area contributed by atoms with Crippen molar-refractivity contribution < 1.29 is 9.47 Å². The molecule has 2 heterocycles. The summed E-state index contributed by atoms with van der Waals surface area (Å²) in [4.78, 5) is 4.21. The number of ether oxygens (including phenoxy) is 2. The van der Waals surface area contributed by atoms with Gasteiger partial charge in [-0.1, -0.05) is 23.7 Å². The van der Waals surface area contributed by atoms with Gasteiger partial charge in [-0.25, -0.2) is 4.99 Å². The maximum atomic E-state index is 9.88. The first-order chi connectivity index (χ1) is 10.6. The molecule has 0 unspecified atom stereocenters. The van der Waals surface area contributed by atoms with E-state index in [0.29, 0.717) is 18.2 Å². The zero-order chi connectivity index (χ0) is 15.6. The fourth-order valence-corrected chi connectivity index (χ4v) is 4.10. The van der Waals surface area contributed by atoms with Crippen molar-refractivity contribution in [3.8, 4) is 12.1 Å². The summed E-state index contributed by atoms with van der Waals surface area (Å²) in [7, 11) is 0. The lowest BCUT2D eigenvalue weighted by Crippen LogP contribution is -2.38. The molecule has 2 fully saturated rings. The first kappa shape index (κ1) is 13.5. The standard InChI is InChI=1S/C15H11ClN4O2/c16-10-3-1-2-9(6-10)11-13(7-17)12(19)20-15(14(11,13)8-18)21-4-5-22-15/h1-3,6,11H,4-5H2,(H2,19,20)/t11-,13-,14-/m0/s1. The van der Waals surface area contributed by atoms with Gasteiger partial charge in [0.2, 0.25) is 0 Å². The van der Waals surface area contributed by atoms with E-state index in [2.05, 4.69) is 17.1 Å². The third-order valence-electron chi connectivity index (χ3n) is 4.79. The fourth-order valence-electron chi connectivity index (χ4n) is 3.90. The average molecular weight is 315 g/mol. The van der Waals surface area contributed by atoms with Crippen molar-refractivity contribution in [3.63, 3.8) is 0 Å². The number of nitrogens with two attached hydrogens (primary N) is 1. The maximum absolute atomic E-state index is 9.88. The molecular formula is C15H11ClN4O2. The summed E-state index contributed by atoms with van der Waals surface area (Å²) in [5, 5.41) is 20.2. The zero-order valence-electron chi connectivity index (χ0n) is 11.4. The van der Waals surface area contributed by atoms with Crippen molar-refractivity contribution in [2.75, 3.05) is 13.2 Å². The second-order valence-electron chi connectivity index (χ2n) is 5.60. The van der Waals surface area contributed by atoms with Crippen LogP contribution < -0.4 is 5.73 Å². The van der Waals surface area contributed by atoms with Crippen LogP contribution in [0.4, 0.5) is 0 Å². The van der Waals surface area contributed by atoms with Crippen LogP contribution in [-0.4, -0.2) is 25.0 Å². The Kier molecular flexibility index (Phi) is 2.46. The number of rotatable bonds is 1. The van der Waals surface area contributed by atoms with Crippen LogP contribution in [0.5, 0.6) is 0 Å². The van der Waals surface area contributed by atoms with E-state index < -0.39 is 22.7 Å². The lowest BCUT2D eigenvalue weighted by molar-refractivity contribution is -0.184.